The zero-order valence-electron chi connectivity index (χ0n) is 44.4. The molecule has 5 unspecified atom stereocenters. The third-order valence-electron chi connectivity index (χ3n) is 14.3. The van der Waals surface area contributed by atoms with Gasteiger partial charge in [0.25, 0.3) is 20.3 Å². The summed E-state index contributed by atoms with van der Waals surface area (Å²) in [5, 5.41) is 13.1. The first-order chi connectivity index (χ1) is 36.3. The lowest BCUT2D eigenvalue weighted by atomic mass is 9.77. The Bertz CT molecular complexity index is 2270. The van der Waals surface area contributed by atoms with Gasteiger partial charge in [-0.2, -0.15) is 10.3 Å². The molecule has 3 aromatic carbocycles. The minimum Gasteiger partial charge on any atom is -0.497 e. The van der Waals surface area contributed by atoms with Gasteiger partial charge < -0.3 is 47.7 Å². The molecule has 19 heteroatoms. The second-order valence-corrected chi connectivity index (χ2v) is 21.3. The van der Waals surface area contributed by atoms with Gasteiger partial charge in [-0.3, -0.25) is 24.0 Å². The predicted octanol–water partition coefficient (Wildman–Crippen LogP) is 7.49. The topological polar surface area (TPSA) is 197 Å². The molecule has 0 aromatic heterocycles. The number of unbranched alkanes of at least 4 members (excludes halogenated alkanes) is 2. The third kappa shape index (κ3) is 13.7. The van der Waals surface area contributed by atoms with Crippen LogP contribution < -0.4 is 19.5 Å². The molecule has 406 valence electrons. The Morgan fingerprint density at radius 1 is 0.760 bits per heavy atom. The highest BCUT2D eigenvalue weighted by Gasteiger charge is 2.61. The first kappa shape index (κ1) is 57.2. The maximum Gasteiger partial charge on any atom is 0.260 e. The Kier molecular flexibility index (Phi) is 20.6. The van der Waals surface area contributed by atoms with Gasteiger partial charge in [0.1, 0.15) is 29.5 Å². The molecule has 0 spiro atoms. The summed E-state index contributed by atoms with van der Waals surface area (Å²) in [6.45, 7) is 10.4. The molecule has 7 rings (SSSR count). The number of ether oxygens (including phenoxy) is 6. The van der Waals surface area contributed by atoms with E-state index in [-0.39, 0.29) is 70.0 Å². The van der Waals surface area contributed by atoms with Gasteiger partial charge in [0.2, 0.25) is 11.8 Å². The van der Waals surface area contributed by atoms with E-state index in [2.05, 4.69) is 43.8 Å². The van der Waals surface area contributed by atoms with E-state index >= 15 is 0 Å². The molecule has 3 fully saturated rings. The van der Waals surface area contributed by atoms with E-state index in [4.69, 9.17) is 42.3 Å². The highest BCUT2D eigenvalue weighted by Crippen LogP contribution is 2.50. The van der Waals surface area contributed by atoms with Crippen molar-refractivity contribution in [3.8, 4) is 23.3 Å². The van der Waals surface area contributed by atoms with E-state index in [0.717, 1.165) is 28.2 Å². The maximum absolute atomic E-state index is 13.8. The van der Waals surface area contributed by atoms with Crippen molar-refractivity contribution in [3.05, 3.63) is 102 Å². The first-order valence-electron chi connectivity index (χ1n) is 26.0. The second-order valence-electron chi connectivity index (χ2n) is 19.9. The molecule has 18 nitrogen and oxygen atoms in total. The Morgan fingerprint density at radius 2 is 1.29 bits per heavy atom. The number of imide groups is 1. The number of hydroxylamine groups is 2. The summed E-state index contributed by atoms with van der Waals surface area (Å²) in [7, 11) is 3.35. The number of carbonyl (C=O) groups is 4. The molecule has 4 amide bonds. The maximum atomic E-state index is 13.8. The summed E-state index contributed by atoms with van der Waals surface area (Å²) in [6.07, 6.45) is 6.71. The summed E-state index contributed by atoms with van der Waals surface area (Å²) in [6, 6.07) is 26.1. The number of nitrogens with zero attached hydrogens (tertiary/aromatic N) is 4. The lowest BCUT2D eigenvalue weighted by Gasteiger charge is -2.46. The number of likely N-dealkylation sites (tertiary alicyclic amines) is 1. The molecule has 1 N–H and O–H groups in total. The average molecular weight is 1060 g/mol. The van der Waals surface area contributed by atoms with Crippen LogP contribution in [0.15, 0.2) is 84.9 Å². The molecule has 4 aliphatic rings. The number of benzene rings is 3. The fourth-order valence-electron chi connectivity index (χ4n) is 10.3. The number of nitriles is 1. The monoisotopic (exact) mass is 1060 g/mol. The molecule has 2 bridgehead atoms. The lowest BCUT2D eigenvalue weighted by molar-refractivity contribution is -0.195. The van der Waals surface area contributed by atoms with Gasteiger partial charge in [-0.15, -0.1) is 0 Å². The van der Waals surface area contributed by atoms with Gasteiger partial charge in [-0.1, -0.05) is 55.0 Å². The van der Waals surface area contributed by atoms with E-state index in [0.29, 0.717) is 69.0 Å². The minimum atomic E-state index is -1.57. The van der Waals surface area contributed by atoms with Crippen LogP contribution in [0.2, 0.25) is 0 Å². The molecule has 75 heavy (non-hydrogen) atoms. The van der Waals surface area contributed by atoms with Gasteiger partial charge in [0.05, 0.1) is 90.9 Å². The largest absolute Gasteiger partial charge is 0.497 e. The molecular weight excluding hydrogens is 982 g/mol. The van der Waals surface area contributed by atoms with E-state index < -0.39 is 55.4 Å². The Morgan fingerprint density at radius 3 is 1.79 bits per heavy atom. The molecule has 0 aliphatic carbocycles. The highest BCUT2D eigenvalue weighted by atomic mass is 31.2. The van der Waals surface area contributed by atoms with Crippen molar-refractivity contribution in [1.29, 1.82) is 5.26 Å². The molecule has 3 aromatic rings. The van der Waals surface area contributed by atoms with Crippen LogP contribution in [0.25, 0.3) is 0 Å². The summed E-state index contributed by atoms with van der Waals surface area (Å²) in [4.78, 5) is 59.2. The summed E-state index contributed by atoms with van der Waals surface area (Å²) in [5.41, 5.74) is 0.935. The summed E-state index contributed by atoms with van der Waals surface area (Å²) in [5.74, 6) is -0.0259. The molecule has 3 saturated heterocycles. The number of carbonyl (C=O) groups excluding carboxylic acids is 4. The van der Waals surface area contributed by atoms with Crippen molar-refractivity contribution in [2.75, 3.05) is 80.6 Å². The lowest BCUT2D eigenvalue weighted by Crippen LogP contribution is -2.48. The highest BCUT2D eigenvalue weighted by molar-refractivity contribution is 7.44. The number of hydrogen-bond acceptors (Lipinski definition) is 15. The normalized spacial score (nSPS) is 20.2. The number of rotatable bonds is 30. The Balaban J connectivity index is 0.973. The van der Waals surface area contributed by atoms with Crippen LogP contribution in [0.4, 0.5) is 0 Å². The van der Waals surface area contributed by atoms with Gasteiger partial charge in [-0.25, -0.2) is 4.67 Å². The number of nitrogens with one attached hydrogen (secondary N) is 1. The van der Waals surface area contributed by atoms with E-state index in [9.17, 15) is 24.4 Å². The smallest absolute Gasteiger partial charge is 0.260 e. The van der Waals surface area contributed by atoms with Crippen LogP contribution in [0.5, 0.6) is 17.2 Å². The SMILES string of the molecule is COc1ccc(C(OCC2(COP(OCCC#N)N(C(C)C)C(C)C)CCN(C(=O)CCCCCNC(=O)COCCON3C(=O)C4C5C=CC(O5)C4C3=O)CC2)(c2ccc(OC)cc2)c2ccc(OC)cc2)cc1. The van der Waals surface area contributed by atoms with Crippen LogP contribution in [0.1, 0.15) is 89.3 Å². The van der Waals surface area contributed by atoms with Gasteiger partial charge >= 0.3 is 0 Å². The number of methoxy groups -OCH3 is 3. The third-order valence-corrected chi connectivity index (χ3v) is 16.4. The van der Waals surface area contributed by atoms with Crippen molar-refractivity contribution in [2.24, 2.45) is 17.3 Å². The second kappa shape index (κ2) is 27.0. The van der Waals surface area contributed by atoms with Crippen LogP contribution in [-0.4, -0.2) is 143 Å². The molecule has 4 heterocycles. The zero-order chi connectivity index (χ0) is 53.5. The Hall–Kier alpha value is -5.48. The first-order valence-corrected chi connectivity index (χ1v) is 27.2. The molecule has 0 saturated carbocycles. The van der Waals surface area contributed by atoms with Crippen molar-refractivity contribution in [1.82, 2.24) is 20.0 Å². The van der Waals surface area contributed by atoms with Gasteiger partial charge in [-0.05, 0) is 106 Å². The van der Waals surface area contributed by atoms with Crippen LogP contribution >= 0.6 is 8.53 Å². The predicted molar refractivity (Wildman–Crippen MR) is 279 cm³/mol. The molecule has 5 atom stereocenters. The van der Waals surface area contributed by atoms with Gasteiger partial charge in [0.15, 0.2) is 0 Å². The van der Waals surface area contributed by atoms with E-state index in [1.165, 1.54) is 0 Å². The quantitative estimate of drug-likeness (QED) is 0.0227. The minimum absolute atomic E-state index is 0.0209. The number of fused-ring (bicyclic) bond motifs is 5. The Labute approximate surface area is 442 Å². The number of hydrogen-bond donors (Lipinski definition) is 1. The standard InChI is InChI=1S/C56H74N5O13P/c1-39(2)61(40(3)4)75(72-33-11-29-57)73-38-55(37-70-56(41-13-19-44(66-5)20-14-41,42-15-21-45(67-6)22-16-42)43-17-23-46(68-7)24-18-43)27-31-59(32-28-55)50(63)12-9-8-10-30-58-49(62)36-69-34-35-71-60-53(64)51-47-25-26-48(74-47)52(51)54(60)65/h13-26,39-40,47-48,51-52H,8-12,27-28,30-38H2,1-7H3,(H,58,62). The van der Waals surface area contributed by atoms with E-state index in [1.807, 2.05) is 89.8 Å². The fourth-order valence-corrected chi connectivity index (χ4v) is 12.1. The van der Waals surface area contributed by atoms with Crippen molar-refractivity contribution in [2.45, 2.75) is 103 Å². The van der Waals surface area contributed by atoms with Crippen molar-refractivity contribution in [3.63, 3.8) is 0 Å². The van der Waals surface area contributed by atoms with Crippen LogP contribution in [0, 0.1) is 28.6 Å². The van der Waals surface area contributed by atoms with Gasteiger partial charge in [0, 0.05) is 43.6 Å². The summed E-state index contributed by atoms with van der Waals surface area (Å²) >= 11 is 0. The molecular formula is C56H74N5O13P. The van der Waals surface area contributed by atoms with E-state index in [1.54, 1.807) is 21.3 Å². The number of piperidine rings is 1. The van der Waals surface area contributed by atoms with Crippen molar-refractivity contribution < 1.29 is 61.5 Å². The average Bonchev–Trinajstić information content (AvgIpc) is 4.14. The van der Waals surface area contributed by atoms with Crippen molar-refractivity contribution >= 4 is 32.2 Å². The zero-order valence-corrected chi connectivity index (χ0v) is 45.3. The molecule has 4 aliphatic heterocycles. The molecule has 0 radical (unpaired) electrons. The van der Waals surface area contributed by atoms with Crippen LogP contribution in [-0.2, 0) is 52.9 Å². The fraction of sp³-hybridized carbons (Fsp3) is 0.554. The number of amides is 4. The summed E-state index contributed by atoms with van der Waals surface area (Å²) < 4.78 is 51.0. The van der Waals surface area contributed by atoms with Crippen LogP contribution in [0.3, 0.4) is 0 Å².